The first-order chi connectivity index (χ1) is 16.8. The fourth-order valence-corrected chi connectivity index (χ4v) is 8.71. The van der Waals surface area contributed by atoms with Gasteiger partial charge in [0.1, 0.15) is 6.04 Å². The number of aryl methyl sites for hydroxylation is 2. The lowest BCUT2D eigenvalue weighted by atomic mass is 9.71. The second-order valence-corrected chi connectivity index (χ2v) is 11.6. The molecule has 2 N–H and O–H groups in total. The number of anilines is 1. The monoisotopic (exact) mass is 500 g/mol. The predicted octanol–water partition coefficient (Wildman–Crippen LogP) is 3.55. The molecule has 3 aliphatic rings. The molecule has 3 aliphatic heterocycles. The maximum atomic E-state index is 14.4. The van der Waals surface area contributed by atoms with Gasteiger partial charge in [-0.1, -0.05) is 37.1 Å². The maximum absolute atomic E-state index is 14.4. The number of carboxylic acids is 1. The molecule has 3 heterocycles. The van der Waals surface area contributed by atoms with Gasteiger partial charge < -0.3 is 20.0 Å². The molecule has 2 unspecified atom stereocenters. The smallest absolute Gasteiger partial charge is 0.308 e. The lowest BCUT2D eigenvalue weighted by Crippen LogP contribution is -2.55. The highest BCUT2D eigenvalue weighted by molar-refractivity contribution is 8.02. The average molecular weight is 501 g/mol. The molecular weight excluding hydrogens is 464 g/mol. The number of carbonyl (C=O) groups excluding carboxylic acids is 2. The number of likely N-dealkylation sites (tertiary alicyclic amines) is 1. The van der Waals surface area contributed by atoms with Crippen molar-refractivity contribution in [3.05, 3.63) is 42.0 Å². The van der Waals surface area contributed by atoms with Crippen molar-refractivity contribution in [3.63, 3.8) is 0 Å². The molecule has 2 amide bonds. The SMILES string of the molecule is C=CCN(C(=O)C1N(CCCCCCO)C(=O)[C@@H]2[C@H](C(=O)O)[C@@H]3CCC12S3)c1c(C)cccc1C. The zero-order valence-corrected chi connectivity index (χ0v) is 21.4. The van der Waals surface area contributed by atoms with Crippen molar-refractivity contribution in [3.8, 4) is 0 Å². The molecule has 0 radical (unpaired) electrons. The van der Waals surface area contributed by atoms with Crippen LogP contribution >= 0.6 is 11.8 Å². The molecule has 0 aliphatic carbocycles. The number of aliphatic hydroxyl groups is 1. The van der Waals surface area contributed by atoms with Crippen LogP contribution in [0.5, 0.6) is 0 Å². The maximum Gasteiger partial charge on any atom is 0.308 e. The normalized spacial score (nSPS) is 28.9. The molecule has 1 aromatic carbocycles. The number of amides is 2. The third kappa shape index (κ3) is 4.29. The third-order valence-electron chi connectivity index (χ3n) is 7.91. The van der Waals surface area contributed by atoms with E-state index in [4.69, 9.17) is 5.11 Å². The number of hydrogen-bond donors (Lipinski definition) is 2. The topological polar surface area (TPSA) is 98.2 Å². The van der Waals surface area contributed by atoms with E-state index < -0.39 is 28.6 Å². The standard InChI is InChI=1S/C27H36N2O5S/c1-4-14-28(22-17(2)10-9-11-18(22)3)25(32)23-27-13-12-19(35-27)20(26(33)34)21(27)24(31)29(23)15-7-5-6-8-16-30/h4,9-11,19-21,23,30H,1,5-8,12-16H2,2-3H3,(H,33,34)/t19-,20+,21-,23?,27?/m0/s1. The summed E-state index contributed by atoms with van der Waals surface area (Å²) in [7, 11) is 0. The van der Waals surface area contributed by atoms with Crippen LogP contribution in [0.1, 0.15) is 49.7 Å². The van der Waals surface area contributed by atoms with Gasteiger partial charge in [-0.05, 0) is 50.7 Å². The van der Waals surface area contributed by atoms with E-state index in [9.17, 15) is 19.5 Å². The van der Waals surface area contributed by atoms with Crippen LogP contribution < -0.4 is 4.90 Å². The summed E-state index contributed by atoms with van der Waals surface area (Å²) < 4.78 is -0.705. The van der Waals surface area contributed by atoms with Crippen molar-refractivity contribution in [2.75, 3.05) is 24.6 Å². The van der Waals surface area contributed by atoms with Gasteiger partial charge in [0.25, 0.3) is 5.91 Å². The molecule has 1 spiro atoms. The minimum absolute atomic E-state index is 0.128. The molecule has 0 aromatic heterocycles. The number of aliphatic carboxylic acids is 1. The Morgan fingerprint density at radius 2 is 1.91 bits per heavy atom. The van der Waals surface area contributed by atoms with Crippen molar-refractivity contribution in [1.29, 1.82) is 0 Å². The van der Waals surface area contributed by atoms with Crippen molar-refractivity contribution >= 4 is 35.2 Å². The molecule has 2 bridgehead atoms. The number of fused-ring (bicyclic) bond motifs is 1. The number of carbonyl (C=O) groups is 3. The molecule has 190 valence electrons. The average Bonchev–Trinajstić information content (AvgIpc) is 3.45. The molecule has 35 heavy (non-hydrogen) atoms. The van der Waals surface area contributed by atoms with Crippen molar-refractivity contribution in [2.24, 2.45) is 11.8 Å². The number of aliphatic hydroxyl groups excluding tert-OH is 1. The van der Waals surface area contributed by atoms with Gasteiger partial charge in [0.05, 0.1) is 16.6 Å². The van der Waals surface area contributed by atoms with Crippen LogP contribution in [0.25, 0.3) is 0 Å². The van der Waals surface area contributed by atoms with Gasteiger partial charge in [-0.25, -0.2) is 0 Å². The highest BCUT2D eigenvalue weighted by atomic mass is 32.2. The van der Waals surface area contributed by atoms with E-state index in [0.29, 0.717) is 32.4 Å². The molecule has 1 aromatic rings. The first-order valence-corrected chi connectivity index (χ1v) is 13.5. The van der Waals surface area contributed by atoms with Crippen LogP contribution in [0.15, 0.2) is 30.9 Å². The minimum atomic E-state index is -0.934. The predicted molar refractivity (Wildman–Crippen MR) is 137 cm³/mol. The van der Waals surface area contributed by atoms with Gasteiger partial charge in [-0.2, -0.15) is 0 Å². The summed E-state index contributed by atoms with van der Waals surface area (Å²) in [5, 5.41) is 19.0. The Labute approximate surface area is 211 Å². The summed E-state index contributed by atoms with van der Waals surface area (Å²) >= 11 is 1.57. The number of rotatable bonds is 11. The van der Waals surface area contributed by atoms with Crippen LogP contribution in [0.3, 0.4) is 0 Å². The van der Waals surface area contributed by atoms with Crippen LogP contribution in [0.2, 0.25) is 0 Å². The van der Waals surface area contributed by atoms with Crippen LogP contribution in [-0.2, 0) is 14.4 Å². The summed E-state index contributed by atoms with van der Waals surface area (Å²) in [6.45, 7) is 8.70. The molecule has 0 saturated carbocycles. The lowest BCUT2D eigenvalue weighted by molar-refractivity contribution is -0.148. The van der Waals surface area contributed by atoms with Crippen molar-refractivity contribution < 1.29 is 24.6 Å². The number of para-hydroxylation sites is 1. The summed E-state index contributed by atoms with van der Waals surface area (Å²) in [5.41, 5.74) is 2.78. The van der Waals surface area contributed by atoms with Crippen LogP contribution in [-0.4, -0.2) is 68.6 Å². The number of carboxylic acid groups (broad SMARTS) is 1. The van der Waals surface area contributed by atoms with Gasteiger partial charge in [0.2, 0.25) is 5.91 Å². The summed E-state index contributed by atoms with van der Waals surface area (Å²) in [6, 6.07) is 5.21. The minimum Gasteiger partial charge on any atom is -0.481 e. The molecule has 8 heteroatoms. The van der Waals surface area contributed by atoms with Gasteiger partial charge >= 0.3 is 5.97 Å². The van der Waals surface area contributed by atoms with E-state index in [1.54, 1.807) is 27.6 Å². The quantitative estimate of drug-likeness (QED) is 0.356. The Balaban J connectivity index is 1.73. The molecule has 3 fully saturated rings. The highest BCUT2D eigenvalue weighted by Crippen LogP contribution is 2.66. The van der Waals surface area contributed by atoms with E-state index in [1.165, 1.54) is 0 Å². The highest BCUT2D eigenvalue weighted by Gasteiger charge is 2.74. The van der Waals surface area contributed by atoms with E-state index in [1.807, 2.05) is 32.0 Å². The Hall–Kier alpha value is -2.32. The Kier molecular flexibility index (Phi) is 7.62. The summed E-state index contributed by atoms with van der Waals surface area (Å²) in [4.78, 5) is 43.9. The van der Waals surface area contributed by atoms with Crippen molar-refractivity contribution in [2.45, 2.75) is 68.4 Å². The van der Waals surface area contributed by atoms with Gasteiger partial charge in [-0.3, -0.25) is 14.4 Å². The Morgan fingerprint density at radius 3 is 2.54 bits per heavy atom. The lowest BCUT2D eigenvalue weighted by Gasteiger charge is -2.38. The first-order valence-electron chi connectivity index (χ1n) is 12.6. The van der Waals surface area contributed by atoms with E-state index in [2.05, 4.69) is 6.58 Å². The second kappa shape index (κ2) is 10.3. The van der Waals surface area contributed by atoms with Crippen molar-refractivity contribution in [1.82, 2.24) is 4.90 Å². The molecule has 7 nitrogen and oxygen atoms in total. The largest absolute Gasteiger partial charge is 0.481 e. The Morgan fingerprint density at radius 1 is 1.23 bits per heavy atom. The molecule has 5 atom stereocenters. The van der Waals surface area contributed by atoms with E-state index in [0.717, 1.165) is 36.1 Å². The third-order valence-corrected chi connectivity index (χ3v) is 9.87. The zero-order chi connectivity index (χ0) is 25.3. The molecular formula is C27H36N2O5S. The van der Waals surface area contributed by atoms with E-state index >= 15 is 0 Å². The number of benzene rings is 1. The molecule has 3 saturated heterocycles. The zero-order valence-electron chi connectivity index (χ0n) is 20.6. The Bertz CT molecular complexity index is 993. The van der Waals surface area contributed by atoms with Gasteiger partial charge in [0, 0.05) is 30.6 Å². The molecule has 4 rings (SSSR count). The van der Waals surface area contributed by atoms with E-state index in [-0.39, 0.29) is 23.7 Å². The fraction of sp³-hybridized carbons (Fsp3) is 0.593. The number of thioether (sulfide) groups is 1. The summed E-state index contributed by atoms with van der Waals surface area (Å²) in [5.74, 6) is -2.68. The van der Waals surface area contributed by atoms with Crippen LogP contribution in [0.4, 0.5) is 5.69 Å². The number of unbranched alkanes of at least 4 members (excludes halogenated alkanes) is 3. The number of hydrogen-bond acceptors (Lipinski definition) is 5. The number of nitrogens with zero attached hydrogens (tertiary/aromatic N) is 2. The fourth-order valence-electron chi connectivity index (χ4n) is 6.50. The van der Waals surface area contributed by atoms with Gasteiger partial charge in [0.15, 0.2) is 0 Å². The second-order valence-electron chi connectivity index (χ2n) is 10.0. The van der Waals surface area contributed by atoms with Gasteiger partial charge in [-0.15, -0.1) is 18.3 Å². The summed E-state index contributed by atoms with van der Waals surface area (Å²) in [6.07, 6.45) is 6.21. The van der Waals surface area contributed by atoms with Crippen LogP contribution in [0, 0.1) is 25.7 Å². The first kappa shape index (κ1) is 25.8.